The van der Waals surface area contributed by atoms with E-state index >= 15 is 0 Å². The summed E-state index contributed by atoms with van der Waals surface area (Å²) in [6.07, 6.45) is 7.54. The first-order valence-corrected chi connectivity index (χ1v) is 6.17. The molecule has 0 aliphatic carbocycles. The number of allylic oxidation sites excluding steroid dienone is 2. The first-order valence-electron chi connectivity index (χ1n) is 6.17. The van der Waals surface area contributed by atoms with Crippen molar-refractivity contribution in [3.05, 3.63) is 41.5 Å². The number of hydrogen-bond donors (Lipinski definition) is 0. The van der Waals surface area contributed by atoms with Crippen LogP contribution in [0.4, 0.5) is 0 Å². The van der Waals surface area contributed by atoms with Gasteiger partial charge in [-0.15, -0.1) is 0 Å². The fourth-order valence-electron chi connectivity index (χ4n) is 1.75. The molecule has 0 saturated carbocycles. The minimum atomic E-state index is 0.738. The Balaban J connectivity index is 2.81. The van der Waals surface area contributed by atoms with Crippen LogP contribution in [-0.2, 0) is 12.8 Å². The molecule has 0 fully saturated rings. The van der Waals surface area contributed by atoms with E-state index < -0.39 is 0 Å². The highest BCUT2D eigenvalue weighted by molar-refractivity contribution is 5.37. The van der Waals surface area contributed by atoms with Crippen LogP contribution in [-0.4, -0.2) is 6.61 Å². The van der Waals surface area contributed by atoms with E-state index in [0.29, 0.717) is 0 Å². The summed E-state index contributed by atoms with van der Waals surface area (Å²) in [6.45, 7) is 7.02. The monoisotopic (exact) mass is 218 g/mol. The van der Waals surface area contributed by atoms with Crippen LogP contribution in [0.15, 0.2) is 30.4 Å². The quantitative estimate of drug-likeness (QED) is 0.651. The Kier molecular flexibility index (Phi) is 5.69. The third-order valence-corrected chi connectivity index (χ3v) is 2.65. The van der Waals surface area contributed by atoms with E-state index in [4.69, 9.17) is 4.74 Å². The van der Waals surface area contributed by atoms with Crippen molar-refractivity contribution < 1.29 is 4.74 Å². The van der Waals surface area contributed by atoms with Crippen molar-refractivity contribution in [3.63, 3.8) is 0 Å². The molecule has 0 aliphatic rings. The van der Waals surface area contributed by atoms with E-state index in [-0.39, 0.29) is 0 Å². The third kappa shape index (κ3) is 3.73. The van der Waals surface area contributed by atoms with E-state index in [1.807, 2.05) is 6.92 Å². The van der Waals surface area contributed by atoms with Gasteiger partial charge >= 0.3 is 0 Å². The van der Waals surface area contributed by atoms with Crippen molar-refractivity contribution >= 4 is 0 Å². The molecule has 1 heteroatoms. The summed E-state index contributed by atoms with van der Waals surface area (Å²) in [7, 11) is 0. The molecule has 1 rings (SSSR count). The normalized spacial score (nSPS) is 10.9. The summed E-state index contributed by atoms with van der Waals surface area (Å²) in [4.78, 5) is 0. The highest BCUT2D eigenvalue weighted by Gasteiger charge is 2.03. The second-order valence-corrected chi connectivity index (χ2v) is 3.84. The fraction of sp³-hybridized carbons (Fsp3) is 0.467. The second-order valence-electron chi connectivity index (χ2n) is 3.84. The van der Waals surface area contributed by atoms with Gasteiger partial charge in [0.25, 0.3) is 0 Å². The van der Waals surface area contributed by atoms with Crippen molar-refractivity contribution in [1.29, 1.82) is 0 Å². The molecule has 0 bridgehead atoms. The number of hydrogen-bond acceptors (Lipinski definition) is 1. The third-order valence-electron chi connectivity index (χ3n) is 2.65. The minimum absolute atomic E-state index is 0.738. The van der Waals surface area contributed by atoms with E-state index in [1.54, 1.807) is 0 Å². The maximum absolute atomic E-state index is 5.64. The van der Waals surface area contributed by atoms with Crippen molar-refractivity contribution in [3.8, 4) is 5.75 Å². The Morgan fingerprint density at radius 3 is 2.69 bits per heavy atom. The highest BCUT2D eigenvalue weighted by atomic mass is 16.5. The Bertz CT molecular complexity index is 339. The Hall–Kier alpha value is -1.24. The standard InChI is InChI=1S/C15H22O/c1-4-7-8-9-14-12-13(5-2)10-11-15(14)16-6-3/h4,7,10-12H,5-6,8-9H2,1-3H3/b7-4-. The summed E-state index contributed by atoms with van der Waals surface area (Å²) in [5.74, 6) is 1.05. The van der Waals surface area contributed by atoms with Gasteiger partial charge in [0, 0.05) is 0 Å². The molecule has 0 aromatic heterocycles. The molecule has 0 saturated heterocycles. The van der Waals surface area contributed by atoms with Crippen molar-refractivity contribution in [2.45, 2.75) is 40.0 Å². The van der Waals surface area contributed by atoms with Crippen LogP contribution in [0.5, 0.6) is 5.75 Å². The Morgan fingerprint density at radius 1 is 1.25 bits per heavy atom. The SMILES string of the molecule is C/C=C\CCc1cc(CC)ccc1OCC. The molecule has 0 amide bonds. The molecule has 0 unspecified atom stereocenters. The zero-order valence-corrected chi connectivity index (χ0v) is 10.6. The summed E-state index contributed by atoms with van der Waals surface area (Å²) < 4.78 is 5.64. The van der Waals surface area contributed by atoms with E-state index in [0.717, 1.165) is 31.6 Å². The van der Waals surface area contributed by atoms with Crippen LogP contribution in [0, 0.1) is 0 Å². The first-order chi connectivity index (χ1) is 7.81. The van der Waals surface area contributed by atoms with Gasteiger partial charge in [-0.25, -0.2) is 0 Å². The molecule has 0 N–H and O–H groups in total. The first kappa shape index (κ1) is 12.8. The summed E-state index contributed by atoms with van der Waals surface area (Å²) in [5.41, 5.74) is 2.72. The Morgan fingerprint density at radius 2 is 2.06 bits per heavy atom. The van der Waals surface area contributed by atoms with Gasteiger partial charge in [-0.3, -0.25) is 0 Å². The van der Waals surface area contributed by atoms with Crippen LogP contribution in [0.2, 0.25) is 0 Å². The van der Waals surface area contributed by atoms with Crippen molar-refractivity contribution in [2.75, 3.05) is 6.61 Å². The lowest BCUT2D eigenvalue weighted by Gasteiger charge is -2.11. The predicted molar refractivity (Wildman–Crippen MR) is 70.1 cm³/mol. The van der Waals surface area contributed by atoms with Crippen molar-refractivity contribution in [1.82, 2.24) is 0 Å². The number of benzene rings is 1. The fourth-order valence-corrected chi connectivity index (χ4v) is 1.75. The molecule has 0 heterocycles. The number of aryl methyl sites for hydroxylation is 2. The maximum Gasteiger partial charge on any atom is 0.122 e. The topological polar surface area (TPSA) is 9.23 Å². The molecule has 88 valence electrons. The predicted octanol–water partition coefficient (Wildman–Crippen LogP) is 4.16. The van der Waals surface area contributed by atoms with Gasteiger partial charge in [-0.2, -0.15) is 0 Å². The van der Waals surface area contributed by atoms with Crippen LogP contribution in [0.25, 0.3) is 0 Å². The van der Waals surface area contributed by atoms with Gasteiger partial charge in [0.2, 0.25) is 0 Å². The van der Waals surface area contributed by atoms with Crippen LogP contribution >= 0.6 is 0 Å². The molecule has 16 heavy (non-hydrogen) atoms. The largest absolute Gasteiger partial charge is 0.494 e. The molecular formula is C15H22O. The van der Waals surface area contributed by atoms with Crippen LogP contribution in [0.3, 0.4) is 0 Å². The number of rotatable bonds is 6. The zero-order valence-electron chi connectivity index (χ0n) is 10.6. The zero-order chi connectivity index (χ0) is 11.8. The van der Waals surface area contributed by atoms with Crippen LogP contribution in [0.1, 0.15) is 38.3 Å². The highest BCUT2D eigenvalue weighted by Crippen LogP contribution is 2.22. The van der Waals surface area contributed by atoms with Gasteiger partial charge in [0.1, 0.15) is 5.75 Å². The molecule has 0 atom stereocenters. The molecule has 1 aromatic rings. The van der Waals surface area contributed by atoms with Gasteiger partial charge in [-0.05, 0) is 50.3 Å². The summed E-state index contributed by atoms with van der Waals surface area (Å²) in [6, 6.07) is 6.53. The lowest BCUT2D eigenvalue weighted by molar-refractivity contribution is 0.336. The average Bonchev–Trinajstić information content (AvgIpc) is 2.31. The second kappa shape index (κ2) is 7.10. The van der Waals surface area contributed by atoms with Gasteiger partial charge in [-0.1, -0.05) is 31.2 Å². The summed E-state index contributed by atoms with van der Waals surface area (Å²) >= 11 is 0. The van der Waals surface area contributed by atoms with Gasteiger partial charge in [0.05, 0.1) is 6.61 Å². The lowest BCUT2D eigenvalue weighted by atomic mass is 10.0. The maximum atomic E-state index is 5.64. The summed E-state index contributed by atoms with van der Waals surface area (Å²) in [5, 5.41) is 0. The smallest absolute Gasteiger partial charge is 0.122 e. The molecule has 1 nitrogen and oxygen atoms in total. The molecular weight excluding hydrogens is 196 g/mol. The Labute approximate surface area is 99.1 Å². The molecule has 1 aromatic carbocycles. The molecule has 0 aliphatic heterocycles. The van der Waals surface area contributed by atoms with E-state index in [2.05, 4.69) is 44.2 Å². The number of ether oxygens (including phenoxy) is 1. The van der Waals surface area contributed by atoms with Gasteiger partial charge < -0.3 is 4.74 Å². The van der Waals surface area contributed by atoms with Crippen molar-refractivity contribution in [2.24, 2.45) is 0 Å². The van der Waals surface area contributed by atoms with E-state index in [1.165, 1.54) is 11.1 Å². The minimum Gasteiger partial charge on any atom is -0.494 e. The van der Waals surface area contributed by atoms with Gasteiger partial charge in [0.15, 0.2) is 0 Å². The van der Waals surface area contributed by atoms with Crippen LogP contribution < -0.4 is 4.74 Å². The average molecular weight is 218 g/mol. The van der Waals surface area contributed by atoms with E-state index in [9.17, 15) is 0 Å². The lowest BCUT2D eigenvalue weighted by Crippen LogP contribution is -1.97. The molecule has 0 radical (unpaired) electrons. The molecule has 0 spiro atoms.